The van der Waals surface area contributed by atoms with Crippen LogP contribution in [-0.4, -0.2) is 22.9 Å². The number of rotatable bonds is 8. The van der Waals surface area contributed by atoms with Crippen LogP contribution in [0, 0.1) is 0 Å². The lowest BCUT2D eigenvalue weighted by Gasteiger charge is -2.10. The van der Waals surface area contributed by atoms with Crippen LogP contribution in [0.4, 0.5) is 11.4 Å². The van der Waals surface area contributed by atoms with Gasteiger partial charge in [-0.1, -0.05) is 37.9 Å². The SMILES string of the molecule is O=C(c1ccc(NS(=O)(=O)c2ccc(NCc3ccccn3)cc2)cc1)C(Br)Br. The molecule has 0 aliphatic rings. The average Bonchev–Trinajstić information content (AvgIpc) is 2.73. The molecular weight excluding hydrogens is 522 g/mol. The second-order valence-corrected chi connectivity index (χ2v) is 10.8. The molecular formula is C20H17Br2N3O3S. The number of hydrogen-bond donors (Lipinski definition) is 2. The van der Waals surface area contributed by atoms with E-state index in [1.807, 2.05) is 18.2 Å². The maximum atomic E-state index is 12.6. The normalized spacial score (nSPS) is 11.3. The molecule has 1 heterocycles. The Labute approximate surface area is 186 Å². The average molecular weight is 539 g/mol. The van der Waals surface area contributed by atoms with Crippen LogP contribution in [0.3, 0.4) is 0 Å². The molecule has 0 atom stereocenters. The topological polar surface area (TPSA) is 88.2 Å². The van der Waals surface area contributed by atoms with E-state index in [-0.39, 0.29) is 10.7 Å². The Morgan fingerprint density at radius 2 is 1.59 bits per heavy atom. The number of benzene rings is 2. The molecule has 0 spiro atoms. The van der Waals surface area contributed by atoms with Gasteiger partial charge in [0.15, 0.2) is 5.78 Å². The lowest BCUT2D eigenvalue weighted by Crippen LogP contribution is -2.13. The first-order valence-electron chi connectivity index (χ1n) is 8.54. The minimum Gasteiger partial charge on any atom is -0.379 e. The van der Waals surface area contributed by atoms with Crippen molar-refractivity contribution in [2.24, 2.45) is 0 Å². The zero-order chi connectivity index (χ0) is 20.9. The van der Waals surface area contributed by atoms with Gasteiger partial charge in [-0.05, 0) is 60.7 Å². The number of nitrogens with one attached hydrogen (secondary N) is 2. The van der Waals surface area contributed by atoms with Crippen molar-refractivity contribution in [2.45, 2.75) is 15.2 Å². The van der Waals surface area contributed by atoms with Crippen LogP contribution < -0.4 is 10.0 Å². The van der Waals surface area contributed by atoms with E-state index >= 15 is 0 Å². The number of nitrogens with zero attached hydrogens (tertiary/aromatic N) is 1. The standard InChI is InChI=1S/C20H17Br2N3O3S/c21-20(22)19(26)14-4-6-16(7-5-14)25-29(27,28)18-10-8-15(9-11-18)24-13-17-3-1-2-12-23-17/h1-12,20,24-25H,13H2. The Hall–Kier alpha value is -2.23. The number of sulfonamides is 1. The lowest BCUT2D eigenvalue weighted by molar-refractivity contribution is 0.101. The highest BCUT2D eigenvalue weighted by atomic mass is 79.9. The van der Waals surface area contributed by atoms with Crippen molar-refractivity contribution >= 4 is 59.0 Å². The molecule has 0 aliphatic heterocycles. The van der Waals surface area contributed by atoms with E-state index < -0.39 is 13.8 Å². The number of halogens is 2. The summed E-state index contributed by atoms with van der Waals surface area (Å²) in [6, 6.07) is 18.4. The number of aromatic nitrogens is 1. The van der Waals surface area contributed by atoms with Crippen LogP contribution in [0.25, 0.3) is 0 Å². The van der Waals surface area contributed by atoms with Gasteiger partial charge in [-0.2, -0.15) is 0 Å². The minimum absolute atomic E-state index is 0.141. The first-order valence-corrected chi connectivity index (χ1v) is 11.9. The third kappa shape index (κ3) is 5.88. The molecule has 6 nitrogen and oxygen atoms in total. The van der Waals surface area contributed by atoms with Crippen molar-refractivity contribution in [1.82, 2.24) is 4.98 Å². The van der Waals surface area contributed by atoms with Crippen molar-refractivity contribution in [3.63, 3.8) is 0 Å². The first-order chi connectivity index (χ1) is 13.8. The van der Waals surface area contributed by atoms with E-state index in [4.69, 9.17) is 0 Å². The Kier molecular flexibility index (Phi) is 7.05. The van der Waals surface area contributed by atoms with Crippen molar-refractivity contribution in [1.29, 1.82) is 0 Å². The van der Waals surface area contributed by atoms with E-state index in [1.165, 1.54) is 12.1 Å². The van der Waals surface area contributed by atoms with Gasteiger partial charge in [0.05, 0.1) is 17.1 Å². The van der Waals surface area contributed by atoms with Crippen LogP contribution in [0.5, 0.6) is 0 Å². The van der Waals surface area contributed by atoms with Crippen LogP contribution in [0.1, 0.15) is 16.1 Å². The van der Waals surface area contributed by atoms with Gasteiger partial charge < -0.3 is 5.32 Å². The fourth-order valence-electron chi connectivity index (χ4n) is 2.49. The van der Waals surface area contributed by atoms with E-state index in [1.54, 1.807) is 42.6 Å². The molecule has 0 aliphatic carbocycles. The largest absolute Gasteiger partial charge is 0.379 e. The summed E-state index contributed by atoms with van der Waals surface area (Å²) < 4.78 is 27.2. The van der Waals surface area contributed by atoms with Crippen molar-refractivity contribution in [2.75, 3.05) is 10.0 Å². The van der Waals surface area contributed by atoms with Crippen LogP contribution in [0.15, 0.2) is 77.8 Å². The molecule has 2 aromatic carbocycles. The minimum atomic E-state index is -3.74. The number of pyridine rings is 1. The number of ketones is 1. The molecule has 0 radical (unpaired) electrons. The highest BCUT2D eigenvalue weighted by molar-refractivity contribution is 9.25. The molecule has 150 valence electrons. The molecule has 0 unspecified atom stereocenters. The highest BCUT2D eigenvalue weighted by Gasteiger charge is 2.16. The second kappa shape index (κ2) is 9.51. The summed E-state index contributed by atoms with van der Waals surface area (Å²) in [5, 5.41) is 3.20. The molecule has 2 N–H and O–H groups in total. The van der Waals surface area contributed by atoms with Crippen LogP contribution in [0.2, 0.25) is 0 Å². The van der Waals surface area contributed by atoms with Crippen molar-refractivity contribution in [3.05, 3.63) is 84.2 Å². The molecule has 0 saturated carbocycles. The number of carbonyl (C=O) groups is 1. The van der Waals surface area contributed by atoms with Gasteiger partial charge in [0, 0.05) is 23.1 Å². The van der Waals surface area contributed by atoms with E-state index in [9.17, 15) is 13.2 Å². The van der Waals surface area contributed by atoms with E-state index in [2.05, 4.69) is 46.9 Å². The maximum absolute atomic E-state index is 12.6. The van der Waals surface area contributed by atoms with Gasteiger partial charge in [0.1, 0.15) is 3.74 Å². The molecule has 0 fully saturated rings. The van der Waals surface area contributed by atoms with Gasteiger partial charge in [-0.25, -0.2) is 8.42 Å². The van der Waals surface area contributed by atoms with Gasteiger partial charge in [-0.15, -0.1) is 0 Å². The number of alkyl halides is 2. The third-order valence-corrected chi connectivity index (χ3v) is 6.21. The summed E-state index contributed by atoms with van der Waals surface area (Å²) in [7, 11) is -3.74. The Balaban J connectivity index is 1.65. The van der Waals surface area contributed by atoms with Crippen molar-refractivity contribution in [3.8, 4) is 0 Å². The smallest absolute Gasteiger partial charge is 0.261 e. The molecule has 3 rings (SSSR count). The number of carbonyl (C=O) groups excluding carboxylic acids is 1. The summed E-state index contributed by atoms with van der Waals surface area (Å²) in [6.45, 7) is 0.542. The molecule has 29 heavy (non-hydrogen) atoms. The molecule has 3 aromatic rings. The van der Waals surface area contributed by atoms with Gasteiger partial charge >= 0.3 is 0 Å². The van der Waals surface area contributed by atoms with Gasteiger partial charge in [0.25, 0.3) is 10.0 Å². The zero-order valence-corrected chi connectivity index (χ0v) is 19.0. The number of hydrogen-bond acceptors (Lipinski definition) is 5. The highest BCUT2D eigenvalue weighted by Crippen LogP contribution is 2.21. The van der Waals surface area contributed by atoms with Gasteiger partial charge in [-0.3, -0.25) is 14.5 Å². The Bertz CT molecular complexity index is 1070. The van der Waals surface area contributed by atoms with Crippen LogP contribution in [-0.2, 0) is 16.6 Å². The quantitative estimate of drug-likeness (QED) is 0.318. The number of anilines is 2. The summed E-state index contributed by atoms with van der Waals surface area (Å²) >= 11 is 6.30. The zero-order valence-electron chi connectivity index (χ0n) is 15.0. The number of Topliss-reactive ketones (excluding diaryl/α,β-unsaturated/α-hetero) is 1. The third-order valence-electron chi connectivity index (χ3n) is 3.98. The fourth-order valence-corrected chi connectivity index (χ4v) is 4.08. The molecule has 9 heteroatoms. The molecule has 0 saturated heterocycles. The summed E-state index contributed by atoms with van der Waals surface area (Å²) in [4.78, 5) is 16.3. The van der Waals surface area contributed by atoms with Crippen molar-refractivity contribution < 1.29 is 13.2 Å². The second-order valence-electron chi connectivity index (χ2n) is 6.05. The van der Waals surface area contributed by atoms with E-state index in [0.29, 0.717) is 17.8 Å². The Morgan fingerprint density at radius 3 is 2.17 bits per heavy atom. The predicted molar refractivity (Wildman–Crippen MR) is 121 cm³/mol. The summed E-state index contributed by atoms with van der Waals surface area (Å²) in [5.41, 5.74) is 2.52. The first kappa shape index (κ1) is 21.5. The molecule has 0 bridgehead atoms. The Morgan fingerprint density at radius 1 is 0.931 bits per heavy atom. The monoisotopic (exact) mass is 537 g/mol. The van der Waals surface area contributed by atoms with E-state index in [0.717, 1.165) is 11.4 Å². The lowest BCUT2D eigenvalue weighted by atomic mass is 10.1. The maximum Gasteiger partial charge on any atom is 0.261 e. The molecule has 1 aromatic heterocycles. The summed E-state index contributed by atoms with van der Waals surface area (Å²) in [6.07, 6.45) is 1.72. The molecule has 0 amide bonds. The summed E-state index contributed by atoms with van der Waals surface area (Å²) in [5.74, 6) is -0.145. The predicted octanol–water partition coefficient (Wildman–Crippen LogP) is 4.79. The fraction of sp³-hybridized carbons (Fsp3) is 0.100. The van der Waals surface area contributed by atoms with Gasteiger partial charge in [0.2, 0.25) is 0 Å². The van der Waals surface area contributed by atoms with Crippen LogP contribution >= 0.6 is 31.9 Å².